The third-order valence-electron chi connectivity index (χ3n) is 3.40. The summed E-state index contributed by atoms with van der Waals surface area (Å²) in [5.41, 5.74) is 5.40. The average molecular weight is 307 g/mol. The molecule has 0 unspecified atom stereocenters. The summed E-state index contributed by atoms with van der Waals surface area (Å²) in [5, 5.41) is 5.02. The highest BCUT2D eigenvalue weighted by atomic mass is 16.3. The monoisotopic (exact) mass is 307 g/mol. The van der Waals surface area contributed by atoms with E-state index in [0.29, 0.717) is 0 Å². The number of fused-ring (bicyclic) bond motifs is 1. The van der Waals surface area contributed by atoms with E-state index in [2.05, 4.69) is 15.5 Å². The second-order valence-electron chi connectivity index (χ2n) is 5.23. The van der Waals surface area contributed by atoms with Gasteiger partial charge in [-0.3, -0.25) is 4.79 Å². The Bertz CT molecular complexity index is 857. The van der Waals surface area contributed by atoms with Crippen molar-refractivity contribution in [2.24, 2.45) is 5.10 Å². The molecule has 1 aromatic carbocycles. The number of carbonyl (C=O) groups is 1. The van der Waals surface area contributed by atoms with Crippen molar-refractivity contribution >= 4 is 29.1 Å². The lowest BCUT2D eigenvalue weighted by Gasteiger charge is -1.99. The van der Waals surface area contributed by atoms with E-state index in [1.54, 1.807) is 12.5 Å². The number of nitrogens with one attached hydrogen (secondary N) is 2. The first kappa shape index (κ1) is 14.8. The fourth-order valence-electron chi connectivity index (χ4n) is 2.33. The topological polar surface area (TPSA) is 70.4 Å². The fraction of sp³-hybridized carbons (Fsp3) is 0.111. The predicted octanol–water partition coefficient (Wildman–Crippen LogP) is 3.51. The minimum absolute atomic E-state index is 0.156. The maximum Gasteiger partial charge on any atom is 0.244 e. The first-order valence-corrected chi connectivity index (χ1v) is 7.31. The molecule has 0 aliphatic carbocycles. The summed E-state index contributed by atoms with van der Waals surface area (Å²) in [4.78, 5) is 15.1. The summed E-state index contributed by atoms with van der Waals surface area (Å²) in [6, 6.07) is 11.6. The Balaban J connectivity index is 1.58. The lowest BCUT2D eigenvalue weighted by molar-refractivity contribution is -0.120. The number of para-hydroxylation sites is 1. The highest BCUT2D eigenvalue weighted by Gasteiger charge is 2.07. The quantitative estimate of drug-likeness (QED) is 0.559. The maximum atomic E-state index is 12.0. The highest BCUT2D eigenvalue weighted by molar-refractivity contribution is 5.90. The van der Waals surface area contributed by atoms with Gasteiger partial charge in [0.15, 0.2) is 0 Å². The Kier molecular flexibility index (Phi) is 4.38. The van der Waals surface area contributed by atoms with E-state index in [1.807, 2.05) is 55.6 Å². The minimum atomic E-state index is -0.156. The second-order valence-corrected chi connectivity index (χ2v) is 5.23. The molecule has 5 heteroatoms. The maximum absolute atomic E-state index is 12.0. The van der Waals surface area contributed by atoms with Gasteiger partial charge in [-0.25, -0.2) is 5.43 Å². The zero-order valence-electron chi connectivity index (χ0n) is 12.7. The molecular formula is C18H17N3O2. The molecule has 0 aliphatic rings. The van der Waals surface area contributed by atoms with Gasteiger partial charge in [0.05, 0.1) is 18.9 Å². The van der Waals surface area contributed by atoms with Crippen LogP contribution in [-0.2, 0) is 11.2 Å². The summed E-state index contributed by atoms with van der Waals surface area (Å²) in [5.74, 6) is 0.593. The fourth-order valence-corrected chi connectivity index (χ4v) is 2.33. The Hall–Kier alpha value is -3.08. The molecule has 0 fully saturated rings. The van der Waals surface area contributed by atoms with Crippen molar-refractivity contribution in [3.8, 4) is 0 Å². The molecule has 3 aromatic rings. The van der Waals surface area contributed by atoms with Crippen molar-refractivity contribution in [3.63, 3.8) is 0 Å². The number of allylic oxidation sites excluding steroid dienone is 1. The normalized spacial score (nSPS) is 12.1. The predicted molar refractivity (Wildman–Crippen MR) is 91.0 cm³/mol. The summed E-state index contributed by atoms with van der Waals surface area (Å²) < 4.78 is 5.21. The van der Waals surface area contributed by atoms with Crippen LogP contribution in [0.4, 0.5) is 0 Å². The van der Waals surface area contributed by atoms with Crippen LogP contribution in [0.2, 0.25) is 0 Å². The van der Waals surface area contributed by atoms with Gasteiger partial charge in [-0.05, 0) is 42.3 Å². The number of aromatic nitrogens is 1. The Morgan fingerprint density at radius 2 is 2.17 bits per heavy atom. The van der Waals surface area contributed by atoms with E-state index in [-0.39, 0.29) is 12.3 Å². The molecule has 0 radical (unpaired) electrons. The van der Waals surface area contributed by atoms with Crippen LogP contribution in [0.5, 0.6) is 0 Å². The lowest BCUT2D eigenvalue weighted by Crippen LogP contribution is -2.19. The first-order valence-electron chi connectivity index (χ1n) is 7.31. The largest absolute Gasteiger partial charge is 0.465 e. The molecule has 2 heterocycles. The van der Waals surface area contributed by atoms with E-state index >= 15 is 0 Å². The number of hydrogen-bond acceptors (Lipinski definition) is 3. The minimum Gasteiger partial charge on any atom is -0.465 e. The molecule has 0 aliphatic heterocycles. The number of furan rings is 1. The number of hydrazone groups is 1. The van der Waals surface area contributed by atoms with Gasteiger partial charge in [-0.15, -0.1) is 0 Å². The van der Waals surface area contributed by atoms with Crippen molar-refractivity contribution in [1.82, 2.24) is 10.4 Å². The summed E-state index contributed by atoms with van der Waals surface area (Å²) in [7, 11) is 0. The van der Waals surface area contributed by atoms with Crippen LogP contribution in [0.1, 0.15) is 18.2 Å². The van der Waals surface area contributed by atoms with Crippen molar-refractivity contribution < 1.29 is 9.21 Å². The Labute approximate surface area is 133 Å². The number of amides is 1. The van der Waals surface area contributed by atoms with Crippen LogP contribution in [0.25, 0.3) is 17.0 Å². The number of nitrogens with zero attached hydrogens (tertiary/aromatic N) is 1. The molecule has 5 nitrogen and oxygen atoms in total. The highest BCUT2D eigenvalue weighted by Crippen LogP contribution is 2.17. The molecule has 0 bridgehead atoms. The van der Waals surface area contributed by atoms with Gasteiger partial charge in [-0.2, -0.15) is 5.10 Å². The third kappa shape index (κ3) is 3.77. The van der Waals surface area contributed by atoms with Gasteiger partial charge >= 0.3 is 0 Å². The molecule has 0 saturated carbocycles. The van der Waals surface area contributed by atoms with Crippen LogP contribution >= 0.6 is 0 Å². The molecule has 1 amide bonds. The van der Waals surface area contributed by atoms with E-state index in [0.717, 1.165) is 27.8 Å². The van der Waals surface area contributed by atoms with Gasteiger partial charge in [0, 0.05) is 17.1 Å². The molecule has 0 saturated heterocycles. The number of carbonyl (C=O) groups excluding carboxylic acids is 1. The van der Waals surface area contributed by atoms with Gasteiger partial charge in [-0.1, -0.05) is 18.2 Å². The van der Waals surface area contributed by atoms with Gasteiger partial charge in [0.1, 0.15) is 5.76 Å². The zero-order valence-corrected chi connectivity index (χ0v) is 12.7. The first-order chi connectivity index (χ1) is 11.2. The van der Waals surface area contributed by atoms with E-state index in [9.17, 15) is 4.79 Å². The number of benzene rings is 1. The SMILES string of the molecule is CC(/C=N/NC(=O)Cc1c[nH]c2ccccc12)=C\c1ccco1. The Morgan fingerprint density at radius 3 is 3.00 bits per heavy atom. The molecule has 2 aromatic heterocycles. The van der Waals surface area contributed by atoms with Crippen molar-refractivity contribution in [1.29, 1.82) is 0 Å². The van der Waals surface area contributed by atoms with Gasteiger partial charge in [0.2, 0.25) is 5.91 Å². The zero-order chi connectivity index (χ0) is 16.1. The molecule has 2 N–H and O–H groups in total. The second kappa shape index (κ2) is 6.79. The van der Waals surface area contributed by atoms with E-state index < -0.39 is 0 Å². The summed E-state index contributed by atoms with van der Waals surface area (Å²) in [6.45, 7) is 1.89. The number of hydrogen-bond donors (Lipinski definition) is 2. The van der Waals surface area contributed by atoms with Crippen LogP contribution in [-0.4, -0.2) is 17.1 Å². The van der Waals surface area contributed by atoms with Gasteiger partial charge < -0.3 is 9.40 Å². The molecule has 3 rings (SSSR count). The van der Waals surface area contributed by atoms with E-state index in [1.165, 1.54) is 0 Å². The molecule has 116 valence electrons. The standard InChI is InChI=1S/C18H17N3O2/c1-13(9-15-5-4-8-23-15)11-20-21-18(22)10-14-12-19-17-7-3-2-6-16(14)17/h2-9,11-12,19H,10H2,1H3,(H,21,22)/b13-9+,20-11+. The molecular weight excluding hydrogens is 290 g/mol. The molecule has 0 spiro atoms. The van der Waals surface area contributed by atoms with Crippen LogP contribution in [0.3, 0.4) is 0 Å². The van der Waals surface area contributed by atoms with Crippen LogP contribution in [0.15, 0.2) is 63.9 Å². The smallest absolute Gasteiger partial charge is 0.244 e. The lowest BCUT2D eigenvalue weighted by atomic mass is 10.1. The third-order valence-corrected chi connectivity index (χ3v) is 3.40. The van der Waals surface area contributed by atoms with Crippen LogP contribution < -0.4 is 5.43 Å². The number of rotatable bonds is 5. The summed E-state index contributed by atoms with van der Waals surface area (Å²) in [6.07, 6.45) is 7.18. The molecule has 0 atom stereocenters. The van der Waals surface area contributed by atoms with Crippen LogP contribution in [0, 0.1) is 0 Å². The summed E-state index contributed by atoms with van der Waals surface area (Å²) >= 11 is 0. The van der Waals surface area contributed by atoms with Crippen molar-refractivity contribution in [2.75, 3.05) is 0 Å². The average Bonchev–Trinajstić information content (AvgIpc) is 3.18. The Morgan fingerprint density at radius 1 is 1.30 bits per heavy atom. The number of H-pyrrole nitrogens is 1. The van der Waals surface area contributed by atoms with Crippen molar-refractivity contribution in [2.45, 2.75) is 13.3 Å². The van der Waals surface area contributed by atoms with E-state index in [4.69, 9.17) is 4.42 Å². The molecule has 23 heavy (non-hydrogen) atoms. The van der Waals surface area contributed by atoms with Gasteiger partial charge in [0.25, 0.3) is 0 Å². The number of aromatic amines is 1. The van der Waals surface area contributed by atoms with Crippen molar-refractivity contribution in [3.05, 3.63) is 65.8 Å².